The van der Waals surface area contributed by atoms with Crippen molar-refractivity contribution in [2.45, 2.75) is 47.0 Å². The summed E-state index contributed by atoms with van der Waals surface area (Å²) >= 11 is 5.25. The highest BCUT2D eigenvalue weighted by molar-refractivity contribution is 7.80. The first-order valence-corrected chi connectivity index (χ1v) is 4.95. The lowest BCUT2D eigenvalue weighted by molar-refractivity contribution is 0.595. The van der Waals surface area contributed by atoms with E-state index < -0.39 is 0 Å². The molecule has 66 valence electrons. The molecule has 0 fully saturated rings. The Hall–Kier alpha value is 0.0900. The summed E-state index contributed by atoms with van der Waals surface area (Å²) in [5.74, 6) is 1.52. The molecule has 0 atom stereocenters. The fraction of sp³-hybridized carbons (Fsp3) is 0.900. The third-order valence-corrected chi connectivity index (χ3v) is 2.01. The highest BCUT2D eigenvalue weighted by atomic mass is 32.1. The van der Waals surface area contributed by atoms with E-state index in [1.807, 2.05) is 0 Å². The minimum atomic E-state index is 0.731. The second-order valence-electron chi connectivity index (χ2n) is 4.07. The fourth-order valence-electron chi connectivity index (χ4n) is 1.01. The first-order valence-electron chi connectivity index (χ1n) is 4.54. The minimum absolute atomic E-state index is 0.731. The molecule has 0 saturated heterocycles. The first kappa shape index (κ1) is 11.1. The molecule has 0 aliphatic rings. The molecule has 0 aliphatic heterocycles. The maximum absolute atomic E-state index is 5.25. The van der Waals surface area contributed by atoms with Crippen molar-refractivity contribution in [1.82, 2.24) is 0 Å². The SMILES string of the molecule is CC(C)CCC(=S)CC(C)C. The largest absolute Gasteiger partial charge is 0.0897 e. The van der Waals surface area contributed by atoms with Gasteiger partial charge < -0.3 is 0 Å². The van der Waals surface area contributed by atoms with Gasteiger partial charge in [-0.05, 0) is 36.0 Å². The molecule has 11 heavy (non-hydrogen) atoms. The van der Waals surface area contributed by atoms with Crippen LogP contribution in [0, 0.1) is 11.8 Å². The highest BCUT2D eigenvalue weighted by Gasteiger charge is 2.01. The minimum Gasteiger partial charge on any atom is -0.0897 e. The second-order valence-corrected chi connectivity index (χ2v) is 4.65. The van der Waals surface area contributed by atoms with Gasteiger partial charge >= 0.3 is 0 Å². The van der Waals surface area contributed by atoms with E-state index in [1.54, 1.807) is 0 Å². The topological polar surface area (TPSA) is 0 Å². The molecule has 0 radical (unpaired) electrons. The van der Waals surface area contributed by atoms with Crippen molar-refractivity contribution in [1.29, 1.82) is 0 Å². The van der Waals surface area contributed by atoms with Crippen molar-refractivity contribution in [2.24, 2.45) is 11.8 Å². The molecule has 0 aromatic rings. The predicted octanol–water partition coefficient (Wildman–Crippen LogP) is 3.84. The summed E-state index contributed by atoms with van der Waals surface area (Å²) in [6, 6.07) is 0. The van der Waals surface area contributed by atoms with E-state index in [2.05, 4.69) is 27.7 Å². The smallest absolute Gasteiger partial charge is 0.00689 e. The summed E-state index contributed by atoms with van der Waals surface area (Å²) in [7, 11) is 0. The maximum Gasteiger partial charge on any atom is -0.00689 e. The van der Waals surface area contributed by atoms with Crippen LogP contribution in [0.3, 0.4) is 0 Å². The maximum atomic E-state index is 5.25. The molecule has 0 rings (SSSR count). The molecule has 0 aromatic heterocycles. The van der Waals surface area contributed by atoms with Crippen LogP contribution in [0.5, 0.6) is 0 Å². The van der Waals surface area contributed by atoms with Crippen molar-refractivity contribution >= 4 is 17.1 Å². The third-order valence-electron chi connectivity index (χ3n) is 1.64. The lowest BCUT2D eigenvalue weighted by Gasteiger charge is -2.07. The van der Waals surface area contributed by atoms with Crippen LogP contribution in [0.25, 0.3) is 0 Å². The van der Waals surface area contributed by atoms with E-state index in [1.165, 1.54) is 11.3 Å². The summed E-state index contributed by atoms with van der Waals surface area (Å²) in [5, 5.41) is 0. The molecular formula is C10H20S. The lowest BCUT2D eigenvalue weighted by Crippen LogP contribution is -2.01. The van der Waals surface area contributed by atoms with E-state index >= 15 is 0 Å². The standard InChI is InChI=1S/C10H20S/c1-8(2)5-6-10(11)7-9(3)4/h8-9H,5-7H2,1-4H3. The Morgan fingerprint density at radius 2 is 1.64 bits per heavy atom. The molecule has 0 amide bonds. The van der Waals surface area contributed by atoms with Crippen molar-refractivity contribution in [3.63, 3.8) is 0 Å². The average Bonchev–Trinajstić information content (AvgIpc) is 1.82. The molecule has 0 bridgehead atoms. The molecule has 0 nitrogen and oxygen atoms in total. The van der Waals surface area contributed by atoms with E-state index in [0.29, 0.717) is 0 Å². The number of hydrogen-bond acceptors (Lipinski definition) is 1. The Kier molecular flexibility index (Phi) is 5.75. The van der Waals surface area contributed by atoms with Crippen molar-refractivity contribution in [3.05, 3.63) is 0 Å². The molecule has 0 unspecified atom stereocenters. The van der Waals surface area contributed by atoms with Gasteiger partial charge in [0.05, 0.1) is 0 Å². The zero-order valence-electron chi connectivity index (χ0n) is 8.18. The molecular weight excluding hydrogens is 152 g/mol. The Balaban J connectivity index is 3.38. The monoisotopic (exact) mass is 172 g/mol. The van der Waals surface area contributed by atoms with Crippen LogP contribution in [0.15, 0.2) is 0 Å². The molecule has 0 aromatic carbocycles. The van der Waals surface area contributed by atoms with Crippen LogP contribution in [0.2, 0.25) is 0 Å². The van der Waals surface area contributed by atoms with Crippen LogP contribution in [-0.2, 0) is 0 Å². The second kappa shape index (κ2) is 5.70. The van der Waals surface area contributed by atoms with Gasteiger partial charge in [0.25, 0.3) is 0 Å². The molecule has 0 aliphatic carbocycles. The van der Waals surface area contributed by atoms with Crippen LogP contribution < -0.4 is 0 Å². The predicted molar refractivity (Wildman–Crippen MR) is 56.1 cm³/mol. The van der Waals surface area contributed by atoms with Crippen molar-refractivity contribution < 1.29 is 0 Å². The Morgan fingerprint density at radius 3 is 2.00 bits per heavy atom. The zero-order chi connectivity index (χ0) is 8.85. The fourth-order valence-corrected chi connectivity index (χ4v) is 1.46. The van der Waals surface area contributed by atoms with Gasteiger partial charge in [-0.1, -0.05) is 39.9 Å². The highest BCUT2D eigenvalue weighted by Crippen LogP contribution is 2.10. The van der Waals surface area contributed by atoms with Gasteiger partial charge in [-0.25, -0.2) is 0 Å². The van der Waals surface area contributed by atoms with Gasteiger partial charge in [-0.15, -0.1) is 0 Å². The van der Waals surface area contributed by atoms with Gasteiger partial charge in [0.1, 0.15) is 0 Å². The Labute approximate surface area is 76.4 Å². The van der Waals surface area contributed by atoms with Gasteiger partial charge in [0.15, 0.2) is 0 Å². The van der Waals surface area contributed by atoms with Crippen molar-refractivity contribution in [2.75, 3.05) is 0 Å². The van der Waals surface area contributed by atoms with Crippen LogP contribution in [0.4, 0.5) is 0 Å². The third kappa shape index (κ3) is 7.99. The molecule has 0 heterocycles. The molecule has 0 spiro atoms. The van der Waals surface area contributed by atoms with Gasteiger partial charge in [0.2, 0.25) is 0 Å². The van der Waals surface area contributed by atoms with Crippen LogP contribution in [-0.4, -0.2) is 4.86 Å². The normalized spacial score (nSPS) is 11.1. The number of rotatable bonds is 5. The molecule has 0 saturated carbocycles. The molecule has 1 heteroatoms. The van der Waals surface area contributed by atoms with Gasteiger partial charge in [0, 0.05) is 0 Å². The zero-order valence-corrected chi connectivity index (χ0v) is 9.00. The van der Waals surface area contributed by atoms with E-state index in [-0.39, 0.29) is 0 Å². The molecule has 0 N–H and O–H groups in total. The Bertz CT molecular complexity index is 114. The summed E-state index contributed by atoms with van der Waals surface area (Å²) in [4.78, 5) is 1.26. The van der Waals surface area contributed by atoms with Crippen LogP contribution in [0.1, 0.15) is 47.0 Å². The van der Waals surface area contributed by atoms with E-state index in [0.717, 1.165) is 24.7 Å². The van der Waals surface area contributed by atoms with E-state index in [4.69, 9.17) is 12.2 Å². The summed E-state index contributed by atoms with van der Waals surface area (Å²) in [5.41, 5.74) is 0. The summed E-state index contributed by atoms with van der Waals surface area (Å²) in [6.07, 6.45) is 3.53. The Morgan fingerprint density at radius 1 is 1.09 bits per heavy atom. The van der Waals surface area contributed by atoms with E-state index in [9.17, 15) is 0 Å². The summed E-state index contributed by atoms with van der Waals surface area (Å²) < 4.78 is 0. The number of thiocarbonyl (C=S) groups is 1. The van der Waals surface area contributed by atoms with Gasteiger partial charge in [-0.2, -0.15) is 0 Å². The number of hydrogen-bond donors (Lipinski definition) is 0. The van der Waals surface area contributed by atoms with Crippen molar-refractivity contribution in [3.8, 4) is 0 Å². The summed E-state index contributed by atoms with van der Waals surface area (Å²) in [6.45, 7) is 8.94. The van der Waals surface area contributed by atoms with Crippen LogP contribution >= 0.6 is 12.2 Å². The lowest BCUT2D eigenvalue weighted by atomic mass is 10.0. The van der Waals surface area contributed by atoms with Gasteiger partial charge in [-0.3, -0.25) is 0 Å². The average molecular weight is 172 g/mol. The quantitative estimate of drug-likeness (QED) is 0.568. The first-order chi connectivity index (χ1) is 5.02.